The van der Waals surface area contributed by atoms with Gasteiger partial charge in [-0.25, -0.2) is 22.9 Å². The predicted octanol–water partition coefficient (Wildman–Crippen LogP) is 4.02. The first-order chi connectivity index (χ1) is 17.2. The smallest absolute Gasteiger partial charge is 0.410 e. The summed E-state index contributed by atoms with van der Waals surface area (Å²) in [5.41, 5.74) is 0.750. The topological polar surface area (TPSA) is 109 Å². The van der Waals surface area contributed by atoms with Crippen molar-refractivity contribution in [3.05, 3.63) is 53.7 Å². The molecule has 0 bridgehead atoms. The summed E-state index contributed by atoms with van der Waals surface area (Å²) in [5.74, 6) is 0.474. The molecule has 202 valence electrons. The van der Waals surface area contributed by atoms with Crippen molar-refractivity contribution in [3.8, 4) is 0 Å². The van der Waals surface area contributed by atoms with Gasteiger partial charge < -0.3 is 14.5 Å². The lowest BCUT2D eigenvalue weighted by atomic mass is 9.97. The Hall–Kier alpha value is -2.98. The summed E-state index contributed by atoms with van der Waals surface area (Å²) >= 11 is 0. The number of anilines is 1. The molecule has 2 aromatic rings. The van der Waals surface area contributed by atoms with Crippen LogP contribution in [0.15, 0.2) is 47.5 Å². The van der Waals surface area contributed by atoms with Gasteiger partial charge in [0.1, 0.15) is 11.4 Å². The number of nitrogens with zero attached hydrogens (tertiary/aromatic N) is 3. The first-order valence-electron chi connectivity index (χ1n) is 12.6. The van der Waals surface area contributed by atoms with E-state index in [1.807, 2.05) is 46.4 Å². The van der Waals surface area contributed by atoms with Crippen LogP contribution in [0.1, 0.15) is 57.0 Å². The number of sulfonamides is 1. The Kier molecular flexibility index (Phi) is 8.96. The maximum Gasteiger partial charge on any atom is 0.410 e. The van der Waals surface area contributed by atoms with Gasteiger partial charge in [0.25, 0.3) is 0 Å². The molecule has 0 radical (unpaired) electrons. The molecule has 1 aromatic carbocycles. The third-order valence-corrected chi connectivity index (χ3v) is 7.43. The zero-order valence-electron chi connectivity index (χ0n) is 22.5. The lowest BCUT2D eigenvalue weighted by Crippen LogP contribution is -2.50. The molecule has 1 atom stereocenters. The zero-order valence-corrected chi connectivity index (χ0v) is 23.3. The minimum atomic E-state index is -3.87. The van der Waals surface area contributed by atoms with Crippen LogP contribution < -0.4 is 9.62 Å². The lowest BCUT2D eigenvalue weighted by molar-refractivity contribution is 0.0240. The molecule has 0 aliphatic carbocycles. The molecule has 1 fully saturated rings. The van der Waals surface area contributed by atoms with Gasteiger partial charge in [0.05, 0.1) is 10.9 Å². The van der Waals surface area contributed by atoms with Gasteiger partial charge in [-0.3, -0.25) is 4.79 Å². The number of amides is 1. The average Bonchev–Trinajstić information content (AvgIpc) is 2.82. The van der Waals surface area contributed by atoms with Crippen molar-refractivity contribution in [2.24, 2.45) is 5.92 Å². The minimum absolute atomic E-state index is 0.100. The number of carbonyl (C=O) groups is 2. The number of nitrogens with one attached hydrogen (secondary N) is 1. The highest BCUT2D eigenvalue weighted by Gasteiger charge is 2.29. The van der Waals surface area contributed by atoms with E-state index in [2.05, 4.69) is 9.71 Å². The number of ketones is 1. The van der Waals surface area contributed by atoms with Crippen molar-refractivity contribution in [2.45, 2.75) is 64.5 Å². The molecule has 3 rings (SSSR count). The van der Waals surface area contributed by atoms with Crippen molar-refractivity contribution in [2.75, 3.05) is 31.1 Å². The first-order valence-corrected chi connectivity index (χ1v) is 14.1. The molecule has 1 amide bonds. The highest BCUT2D eigenvalue weighted by Crippen LogP contribution is 2.19. The molecule has 1 aliphatic rings. The highest BCUT2D eigenvalue weighted by atomic mass is 32.2. The van der Waals surface area contributed by atoms with Crippen LogP contribution in [-0.2, 0) is 14.8 Å². The van der Waals surface area contributed by atoms with Gasteiger partial charge in [0.2, 0.25) is 10.0 Å². The Bertz CT molecular complexity index is 1180. The molecule has 0 spiro atoms. The fraction of sp³-hybridized carbons (Fsp3) is 0.519. The number of ether oxygens (including phenoxy) is 1. The summed E-state index contributed by atoms with van der Waals surface area (Å²) in [7, 11) is -3.87. The van der Waals surface area contributed by atoms with Crippen LogP contribution in [0.4, 0.5) is 10.6 Å². The van der Waals surface area contributed by atoms with Gasteiger partial charge in [-0.1, -0.05) is 31.5 Å². The minimum Gasteiger partial charge on any atom is -0.444 e. The second kappa shape index (κ2) is 11.6. The van der Waals surface area contributed by atoms with Gasteiger partial charge in [-0.15, -0.1) is 0 Å². The van der Waals surface area contributed by atoms with E-state index in [4.69, 9.17) is 4.74 Å². The molecule has 10 heteroatoms. The molecule has 1 aliphatic heterocycles. The number of aryl methyl sites for hydroxylation is 1. The monoisotopic (exact) mass is 530 g/mol. The van der Waals surface area contributed by atoms with Crippen molar-refractivity contribution < 1.29 is 22.7 Å². The molecular weight excluding hydrogens is 492 g/mol. The summed E-state index contributed by atoms with van der Waals surface area (Å²) in [6.45, 7) is 13.5. The van der Waals surface area contributed by atoms with Crippen molar-refractivity contribution in [3.63, 3.8) is 0 Å². The SMILES string of the molecule is Cc1ccc(S(=O)(=O)NC(CC(C)C)C(=O)c2ccc(N3CCN(C(=O)OC(C)(C)C)CC3)nc2)cc1. The van der Waals surface area contributed by atoms with Gasteiger partial charge in [-0.05, 0) is 64.3 Å². The van der Waals surface area contributed by atoms with Crippen LogP contribution in [0.2, 0.25) is 0 Å². The Labute approximate surface area is 220 Å². The van der Waals surface area contributed by atoms with E-state index in [9.17, 15) is 18.0 Å². The molecule has 9 nitrogen and oxygen atoms in total. The van der Waals surface area contributed by atoms with Crippen LogP contribution in [0, 0.1) is 12.8 Å². The number of aromatic nitrogens is 1. The van der Waals surface area contributed by atoms with E-state index >= 15 is 0 Å². The molecule has 1 saturated heterocycles. The molecule has 0 saturated carbocycles. The fourth-order valence-corrected chi connectivity index (χ4v) is 5.23. The molecule has 1 unspecified atom stereocenters. The number of pyridine rings is 1. The quantitative estimate of drug-likeness (QED) is 0.514. The Morgan fingerprint density at radius 3 is 2.16 bits per heavy atom. The summed E-state index contributed by atoms with van der Waals surface area (Å²) in [6.07, 6.45) is 1.52. The van der Waals surface area contributed by atoms with Crippen LogP contribution in [-0.4, -0.2) is 68.0 Å². The first kappa shape index (κ1) is 28.6. The van der Waals surface area contributed by atoms with E-state index in [0.717, 1.165) is 5.56 Å². The standard InChI is InChI=1S/C27H38N4O5S/c1-19(2)17-23(29-37(34,35)22-10-7-20(3)8-11-22)25(32)21-9-12-24(28-18-21)30-13-15-31(16-14-30)26(33)36-27(4,5)6/h7-12,18-19,23,29H,13-17H2,1-6H3. The molecule has 1 aromatic heterocycles. The molecular formula is C27H38N4O5S. The van der Waals surface area contributed by atoms with Gasteiger partial charge in [0.15, 0.2) is 5.78 Å². The van der Waals surface area contributed by atoms with Gasteiger partial charge in [0, 0.05) is 37.9 Å². The van der Waals surface area contributed by atoms with E-state index in [1.54, 1.807) is 29.2 Å². The van der Waals surface area contributed by atoms with Crippen LogP contribution in [0.5, 0.6) is 0 Å². The number of rotatable bonds is 8. The van der Waals surface area contributed by atoms with Crippen molar-refractivity contribution >= 4 is 27.7 Å². The summed E-state index contributed by atoms with van der Waals surface area (Å²) in [5, 5.41) is 0. The highest BCUT2D eigenvalue weighted by molar-refractivity contribution is 7.89. The summed E-state index contributed by atoms with van der Waals surface area (Å²) in [6, 6.07) is 9.06. The number of carbonyl (C=O) groups excluding carboxylic acids is 2. The fourth-order valence-electron chi connectivity index (χ4n) is 4.02. The van der Waals surface area contributed by atoms with Crippen LogP contribution in [0.25, 0.3) is 0 Å². The maximum atomic E-state index is 13.3. The number of hydrogen-bond acceptors (Lipinski definition) is 7. The van der Waals surface area contributed by atoms with Gasteiger partial charge in [-0.2, -0.15) is 0 Å². The van der Waals surface area contributed by atoms with E-state index in [-0.39, 0.29) is 22.7 Å². The second-order valence-electron chi connectivity index (χ2n) is 10.8. The summed E-state index contributed by atoms with van der Waals surface area (Å²) < 4.78 is 34.0. The number of benzene rings is 1. The van der Waals surface area contributed by atoms with E-state index in [0.29, 0.717) is 44.0 Å². The largest absolute Gasteiger partial charge is 0.444 e. The van der Waals surface area contributed by atoms with Crippen molar-refractivity contribution in [1.29, 1.82) is 0 Å². The van der Waals surface area contributed by atoms with Crippen LogP contribution >= 0.6 is 0 Å². The predicted molar refractivity (Wildman–Crippen MR) is 143 cm³/mol. The third kappa shape index (κ3) is 8.00. The third-order valence-electron chi connectivity index (χ3n) is 5.94. The van der Waals surface area contributed by atoms with Gasteiger partial charge >= 0.3 is 6.09 Å². The Morgan fingerprint density at radius 1 is 1.03 bits per heavy atom. The lowest BCUT2D eigenvalue weighted by Gasteiger charge is -2.36. The number of hydrogen-bond donors (Lipinski definition) is 1. The Morgan fingerprint density at radius 2 is 1.65 bits per heavy atom. The van der Waals surface area contributed by atoms with Crippen molar-refractivity contribution in [1.82, 2.24) is 14.6 Å². The molecule has 37 heavy (non-hydrogen) atoms. The van der Waals surface area contributed by atoms with Crippen LogP contribution in [0.3, 0.4) is 0 Å². The van der Waals surface area contributed by atoms with E-state index < -0.39 is 21.7 Å². The number of piperazine rings is 1. The zero-order chi connectivity index (χ0) is 27.4. The normalized spacial score (nSPS) is 15.5. The maximum absolute atomic E-state index is 13.3. The molecule has 2 heterocycles. The van der Waals surface area contributed by atoms with E-state index in [1.165, 1.54) is 18.3 Å². The second-order valence-corrected chi connectivity index (χ2v) is 12.6. The summed E-state index contributed by atoms with van der Waals surface area (Å²) in [4.78, 5) is 33.9. The molecule has 1 N–H and O–H groups in total. The number of Topliss-reactive ketones (excluding diaryl/α,β-unsaturated/α-hetero) is 1. The Balaban J connectivity index is 1.67. The average molecular weight is 531 g/mol.